The fourth-order valence-electron chi connectivity index (χ4n) is 1.46. The zero-order chi connectivity index (χ0) is 11.4. The van der Waals surface area contributed by atoms with Gasteiger partial charge in [-0.1, -0.05) is 5.16 Å². The summed E-state index contributed by atoms with van der Waals surface area (Å²) in [5, 5.41) is 15.2. The summed E-state index contributed by atoms with van der Waals surface area (Å²) in [5.41, 5.74) is 1.78. The van der Waals surface area contributed by atoms with Crippen LogP contribution in [0.25, 0.3) is 0 Å². The molecule has 0 saturated carbocycles. The Balaban J connectivity index is 2.69. The van der Waals surface area contributed by atoms with Crippen LogP contribution in [0.1, 0.15) is 30.0 Å². The highest BCUT2D eigenvalue weighted by molar-refractivity contribution is 5.79. The van der Waals surface area contributed by atoms with Gasteiger partial charge in [0.2, 0.25) is 0 Å². The van der Waals surface area contributed by atoms with E-state index in [0.717, 1.165) is 23.1 Å². The predicted octanol–water partition coefficient (Wildman–Crippen LogP) is 1.54. The zero-order valence-corrected chi connectivity index (χ0v) is 8.94. The molecule has 1 aromatic rings. The summed E-state index contributed by atoms with van der Waals surface area (Å²) in [4.78, 5) is 10.2. The van der Waals surface area contributed by atoms with Gasteiger partial charge in [-0.2, -0.15) is 0 Å². The number of aromatic nitrogens is 1. The van der Waals surface area contributed by atoms with Crippen LogP contribution in [0.15, 0.2) is 16.8 Å². The molecule has 0 amide bonds. The van der Waals surface area contributed by atoms with Crippen molar-refractivity contribution < 1.29 is 14.4 Å². The minimum absolute atomic E-state index is 0.0214. The first kappa shape index (κ1) is 11.3. The molecule has 1 aromatic heterocycles. The first-order chi connectivity index (χ1) is 7.02. The Kier molecular flexibility index (Phi) is 3.49. The fraction of sp³-hybridized carbons (Fsp3) is 0.400. The molecule has 5 nitrogen and oxygen atoms in total. The second-order valence-electron chi connectivity index (χ2n) is 3.30. The second-order valence-corrected chi connectivity index (χ2v) is 3.30. The minimum atomic E-state index is -0.978. The smallest absolute Gasteiger partial charge is 0.329 e. The lowest BCUT2D eigenvalue weighted by Crippen LogP contribution is -2.13. The molecule has 0 radical (unpaired) electrons. The summed E-state index contributed by atoms with van der Waals surface area (Å²) in [6.07, 6.45) is 2.45. The topological polar surface area (TPSA) is 75.4 Å². The van der Waals surface area contributed by atoms with Gasteiger partial charge in [-0.3, -0.25) is 0 Å². The van der Waals surface area contributed by atoms with Crippen LogP contribution in [0.2, 0.25) is 0 Å². The van der Waals surface area contributed by atoms with Crippen molar-refractivity contribution in [3.05, 3.63) is 29.3 Å². The molecule has 0 aliphatic rings. The maximum absolute atomic E-state index is 10.2. The van der Waals surface area contributed by atoms with E-state index >= 15 is 0 Å². The van der Waals surface area contributed by atoms with E-state index in [1.165, 1.54) is 6.20 Å². The van der Waals surface area contributed by atoms with Crippen LogP contribution < -0.4 is 5.32 Å². The molecule has 0 aliphatic carbocycles. The first-order valence-electron chi connectivity index (χ1n) is 4.60. The molecule has 1 unspecified atom stereocenters. The normalized spacial score (nSPS) is 13.0. The quantitative estimate of drug-likeness (QED) is 0.737. The number of rotatable bonds is 4. The standard InChI is InChI=1S/C10H14N2O3/c1-6(11-5-4-9(13)14)10-7(2)12-15-8(10)3/h4-6,11H,1-3H3,(H,13,14)/b5-4+. The molecule has 5 heteroatoms. The molecule has 15 heavy (non-hydrogen) atoms. The third-order valence-electron chi connectivity index (χ3n) is 2.09. The van der Waals surface area contributed by atoms with Gasteiger partial charge < -0.3 is 14.9 Å². The van der Waals surface area contributed by atoms with E-state index in [-0.39, 0.29) is 6.04 Å². The van der Waals surface area contributed by atoms with Crippen molar-refractivity contribution >= 4 is 5.97 Å². The lowest BCUT2D eigenvalue weighted by Gasteiger charge is -2.10. The maximum atomic E-state index is 10.2. The molecule has 0 aromatic carbocycles. The summed E-state index contributed by atoms with van der Waals surface area (Å²) in [6, 6.07) is -0.0214. The average molecular weight is 210 g/mol. The van der Waals surface area contributed by atoms with Gasteiger partial charge in [0.1, 0.15) is 5.76 Å². The van der Waals surface area contributed by atoms with Crippen molar-refractivity contribution in [2.24, 2.45) is 0 Å². The molecule has 0 bridgehead atoms. The Labute approximate surface area is 87.8 Å². The summed E-state index contributed by atoms with van der Waals surface area (Å²) in [6.45, 7) is 5.60. The number of hydrogen-bond acceptors (Lipinski definition) is 4. The van der Waals surface area contributed by atoms with Crippen molar-refractivity contribution in [3.63, 3.8) is 0 Å². The van der Waals surface area contributed by atoms with E-state index in [9.17, 15) is 4.79 Å². The number of aliphatic carboxylic acids is 1. The summed E-state index contributed by atoms with van der Waals surface area (Å²) in [5.74, 6) is -0.232. The summed E-state index contributed by atoms with van der Waals surface area (Å²) < 4.78 is 5.01. The number of hydrogen-bond donors (Lipinski definition) is 2. The SMILES string of the molecule is Cc1noc(C)c1C(C)N/C=C/C(=O)O. The zero-order valence-electron chi connectivity index (χ0n) is 8.94. The Bertz CT molecular complexity index is 363. The van der Waals surface area contributed by atoms with E-state index in [1.54, 1.807) is 0 Å². The number of aryl methyl sites for hydroxylation is 2. The maximum Gasteiger partial charge on any atom is 0.329 e. The summed E-state index contributed by atoms with van der Waals surface area (Å²) >= 11 is 0. The lowest BCUT2D eigenvalue weighted by molar-refractivity contribution is -0.131. The van der Waals surface area contributed by atoms with Gasteiger partial charge in [-0.05, 0) is 20.8 Å². The second kappa shape index (κ2) is 4.63. The monoisotopic (exact) mass is 210 g/mol. The van der Waals surface area contributed by atoms with Gasteiger partial charge in [0.25, 0.3) is 0 Å². The van der Waals surface area contributed by atoms with Gasteiger partial charge in [-0.25, -0.2) is 4.79 Å². The number of nitrogens with one attached hydrogen (secondary N) is 1. The van der Waals surface area contributed by atoms with Gasteiger partial charge in [0.15, 0.2) is 0 Å². The third kappa shape index (κ3) is 2.83. The van der Waals surface area contributed by atoms with Gasteiger partial charge in [0.05, 0.1) is 11.7 Å². The van der Waals surface area contributed by atoms with Gasteiger partial charge in [-0.15, -0.1) is 0 Å². The van der Waals surface area contributed by atoms with Crippen LogP contribution in [0.5, 0.6) is 0 Å². The predicted molar refractivity (Wildman–Crippen MR) is 54.3 cm³/mol. The molecule has 0 spiro atoms. The summed E-state index contributed by atoms with van der Waals surface area (Å²) in [7, 11) is 0. The van der Waals surface area contributed by atoms with Gasteiger partial charge >= 0.3 is 5.97 Å². The highest BCUT2D eigenvalue weighted by Gasteiger charge is 2.14. The van der Waals surface area contributed by atoms with Crippen molar-refractivity contribution in [2.45, 2.75) is 26.8 Å². The van der Waals surface area contributed by atoms with Crippen LogP contribution in [0.4, 0.5) is 0 Å². The van der Waals surface area contributed by atoms with E-state index in [4.69, 9.17) is 9.63 Å². The molecule has 0 saturated heterocycles. The van der Waals surface area contributed by atoms with E-state index in [0.29, 0.717) is 0 Å². The molecular weight excluding hydrogens is 196 g/mol. The van der Waals surface area contributed by atoms with E-state index in [1.807, 2.05) is 20.8 Å². The van der Waals surface area contributed by atoms with Crippen LogP contribution in [0, 0.1) is 13.8 Å². The Morgan fingerprint density at radius 1 is 1.60 bits per heavy atom. The number of nitrogens with zero attached hydrogens (tertiary/aromatic N) is 1. The highest BCUT2D eigenvalue weighted by Crippen LogP contribution is 2.20. The van der Waals surface area contributed by atoms with Crippen LogP contribution in [-0.2, 0) is 4.79 Å². The van der Waals surface area contributed by atoms with Crippen LogP contribution in [-0.4, -0.2) is 16.2 Å². The molecule has 0 aliphatic heterocycles. The molecule has 1 atom stereocenters. The van der Waals surface area contributed by atoms with Crippen molar-refractivity contribution in [1.29, 1.82) is 0 Å². The molecule has 1 rings (SSSR count). The third-order valence-corrected chi connectivity index (χ3v) is 2.09. The molecule has 82 valence electrons. The van der Waals surface area contributed by atoms with Crippen LogP contribution in [0.3, 0.4) is 0 Å². The molecule has 2 N–H and O–H groups in total. The van der Waals surface area contributed by atoms with Gasteiger partial charge in [0, 0.05) is 17.8 Å². The fourth-order valence-corrected chi connectivity index (χ4v) is 1.46. The van der Waals surface area contributed by atoms with Crippen molar-refractivity contribution in [3.8, 4) is 0 Å². The molecule has 1 heterocycles. The van der Waals surface area contributed by atoms with Crippen molar-refractivity contribution in [1.82, 2.24) is 10.5 Å². The molecule has 0 fully saturated rings. The number of carbonyl (C=O) groups is 1. The number of carboxylic acids is 1. The Morgan fingerprint density at radius 3 is 2.73 bits per heavy atom. The highest BCUT2D eigenvalue weighted by atomic mass is 16.5. The van der Waals surface area contributed by atoms with E-state index < -0.39 is 5.97 Å². The van der Waals surface area contributed by atoms with Crippen molar-refractivity contribution in [2.75, 3.05) is 0 Å². The molecular formula is C10H14N2O3. The number of carboxylic acid groups (broad SMARTS) is 1. The average Bonchev–Trinajstić information content (AvgIpc) is 2.45. The van der Waals surface area contributed by atoms with Crippen LogP contribution >= 0.6 is 0 Å². The lowest BCUT2D eigenvalue weighted by atomic mass is 10.1. The van der Waals surface area contributed by atoms with E-state index in [2.05, 4.69) is 10.5 Å². The minimum Gasteiger partial charge on any atom is -0.478 e. The Morgan fingerprint density at radius 2 is 2.27 bits per heavy atom. The largest absolute Gasteiger partial charge is 0.478 e. The first-order valence-corrected chi connectivity index (χ1v) is 4.60. The Hall–Kier alpha value is -1.78.